The molecule has 7 heteroatoms. The van der Waals surface area contributed by atoms with E-state index in [0.717, 1.165) is 29.9 Å². The van der Waals surface area contributed by atoms with Crippen LogP contribution in [0.4, 0.5) is 5.82 Å². The summed E-state index contributed by atoms with van der Waals surface area (Å²) < 4.78 is 1.65. The van der Waals surface area contributed by atoms with Crippen LogP contribution in [0.5, 0.6) is 0 Å². The van der Waals surface area contributed by atoms with Crippen molar-refractivity contribution in [3.63, 3.8) is 0 Å². The Labute approximate surface area is 158 Å². The molecule has 0 unspecified atom stereocenters. The molecule has 0 saturated carbocycles. The monoisotopic (exact) mass is 364 g/mol. The molecule has 7 nitrogen and oxygen atoms in total. The Hall–Kier alpha value is -2.96. The lowest BCUT2D eigenvalue weighted by Gasteiger charge is -2.27. The number of piperidine rings is 1. The van der Waals surface area contributed by atoms with Crippen LogP contribution >= 0.6 is 0 Å². The van der Waals surface area contributed by atoms with Crippen LogP contribution in [0.1, 0.15) is 37.8 Å². The molecule has 1 aliphatic heterocycles. The van der Waals surface area contributed by atoms with Crippen molar-refractivity contribution in [1.29, 1.82) is 0 Å². The van der Waals surface area contributed by atoms with Gasteiger partial charge in [0.2, 0.25) is 5.91 Å². The van der Waals surface area contributed by atoms with Gasteiger partial charge in [0, 0.05) is 13.1 Å². The fourth-order valence-electron chi connectivity index (χ4n) is 3.60. The summed E-state index contributed by atoms with van der Waals surface area (Å²) in [6.07, 6.45) is 6.96. The number of nitrogens with one attached hydrogen (secondary N) is 1. The van der Waals surface area contributed by atoms with E-state index >= 15 is 0 Å². The van der Waals surface area contributed by atoms with Crippen molar-refractivity contribution in [3.8, 4) is 0 Å². The number of aromatic nitrogens is 4. The summed E-state index contributed by atoms with van der Waals surface area (Å²) in [6, 6.07) is 9.86. The van der Waals surface area contributed by atoms with E-state index in [2.05, 4.69) is 25.3 Å². The fourth-order valence-corrected chi connectivity index (χ4v) is 3.60. The summed E-state index contributed by atoms with van der Waals surface area (Å²) in [5.74, 6) is 0.832. The van der Waals surface area contributed by atoms with Gasteiger partial charge in [0.15, 0.2) is 5.65 Å². The van der Waals surface area contributed by atoms with Crippen LogP contribution in [0.2, 0.25) is 0 Å². The molecule has 1 saturated heterocycles. The Morgan fingerprint density at radius 2 is 1.93 bits per heavy atom. The number of amides is 1. The highest BCUT2D eigenvalue weighted by molar-refractivity contribution is 5.88. The van der Waals surface area contributed by atoms with Crippen LogP contribution in [0, 0.1) is 0 Å². The lowest BCUT2D eigenvalue weighted by Crippen LogP contribution is -2.31. The van der Waals surface area contributed by atoms with Crippen molar-refractivity contribution in [1.82, 2.24) is 25.1 Å². The van der Waals surface area contributed by atoms with E-state index in [9.17, 15) is 4.79 Å². The normalized spacial score (nSPS) is 15.7. The maximum atomic E-state index is 12.5. The third-order valence-electron chi connectivity index (χ3n) is 5.04. The highest BCUT2D eigenvalue weighted by Gasteiger charge is 2.19. The lowest BCUT2D eigenvalue weighted by molar-refractivity contribution is -0.122. The molecule has 3 heterocycles. The van der Waals surface area contributed by atoms with Gasteiger partial charge in [0.25, 0.3) is 0 Å². The summed E-state index contributed by atoms with van der Waals surface area (Å²) in [5, 5.41) is 8.33. The molecule has 3 aromatic rings. The number of carbonyl (C=O) groups is 1. The first-order chi connectivity index (χ1) is 13.2. The summed E-state index contributed by atoms with van der Waals surface area (Å²) in [6.45, 7) is 4.13. The van der Waals surface area contributed by atoms with Gasteiger partial charge in [-0.2, -0.15) is 5.10 Å². The van der Waals surface area contributed by atoms with E-state index in [1.807, 2.05) is 37.3 Å². The zero-order valence-corrected chi connectivity index (χ0v) is 15.5. The Bertz CT molecular complexity index is 917. The number of hydrogen-bond donors (Lipinski definition) is 1. The molecule has 0 radical (unpaired) electrons. The number of nitrogens with zero attached hydrogens (tertiary/aromatic N) is 5. The van der Waals surface area contributed by atoms with Crippen LogP contribution < -0.4 is 10.2 Å². The molecule has 140 valence electrons. The first-order valence-electron chi connectivity index (χ1n) is 9.48. The van der Waals surface area contributed by atoms with Gasteiger partial charge in [-0.1, -0.05) is 30.3 Å². The zero-order chi connectivity index (χ0) is 18.6. The van der Waals surface area contributed by atoms with Gasteiger partial charge in [-0.3, -0.25) is 4.79 Å². The maximum Gasteiger partial charge on any atom is 0.242 e. The van der Waals surface area contributed by atoms with Gasteiger partial charge >= 0.3 is 0 Å². The standard InChI is InChI=1S/C20H24N6O/c1-15(16-8-4-2-5-9-16)24-18(27)13-26-20-17(12-23-26)19(21-14-22-20)25-10-6-3-7-11-25/h2,4-5,8-9,12,14-15H,3,6-7,10-11,13H2,1H3,(H,24,27)/t15-/m1/s1. The van der Waals surface area contributed by atoms with Gasteiger partial charge in [0.05, 0.1) is 17.6 Å². The van der Waals surface area contributed by atoms with Gasteiger partial charge in [-0.15, -0.1) is 0 Å². The molecular formula is C20H24N6O. The molecule has 1 N–H and O–H groups in total. The van der Waals surface area contributed by atoms with E-state index in [1.54, 1.807) is 17.2 Å². The summed E-state index contributed by atoms with van der Waals surface area (Å²) >= 11 is 0. The van der Waals surface area contributed by atoms with Crippen LogP contribution in [0.25, 0.3) is 11.0 Å². The van der Waals surface area contributed by atoms with Crippen LogP contribution in [-0.2, 0) is 11.3 Å². The van der Waals surface area contributed by atoms with E-state index in [-0.39, 0.29) is 18.5 Å². The molecule has 0 spiro atoms. The molecule has 2 aromatic heterocycles. The summed E-state index contributed by atoms with van der Waals surface area (Å²) in [5.41, 5.74) is 1.78. The van der Waals surface area contributed by atoms with E-state index in [0.29, 0.717) is 5.65 Å². The number of hydrogen-bond acceptors (Lipinski definition) is 5. The van der Waals surface area contributed by atoms with Crippen molar-refractivity contribution < 1.29 is 4.79 Å². The number of benzene rings is 1. The second-order valence-corrected chi connectivity index (χ2v) is 6.98. The number of rotatable bonds is 5. The number of anilines is 1. The number of carbonyl (C=O) groups excluding carboxylic acids is 1. The molecular weight excluding hydrogens is 340 g/mol. The molecule has 0 aliphatic carbocycles. The third-order valence-corrected chi connectivity index (χ3v) is 5.04. The van der Waals surface area contributed by atoms with E-state index in [4.69, 9.17) is 0 Å². The molecule has 1 aromatic carbocycles. The molecule has 1 atom stereocenters. The minimum absolute atomic E-state index is 0.0564. The van der Waals surface area contributed by atoms with Crippen molar-refractivity contribution in [2.24, 2.45) is 0 Å². The largest absolute Gasteiger partial charge is 0.356 e. The Balaban J connectivity index is 1.50. The quantitative estimate of drug-likeness (QED) is 0.753. The van der Waals surface area contributed by atoms with Crippen LogP contribution in [-0.4, -0.2) is 38.7 Å². The topological polar surface area (TPSA) is 75.9 Å². The molecule has 4 rings (SSSR count). The Morgan fingerprint density at radius 3 is 2.70 bits per heavy atom. The van der Waals surface area contributed by atoms with E-state index in [1.165, 1.54) is 19.3 Å². The molecule has 1 fully saturated rings. The average molecular weight is 364 g/mol. The van der Waals surface area contributed by atoms with Crippen molar-refractivity contribution in [3.05, 3.63) is 48.4 Å². The second kappa shape index (κ2) is 7.73. The smallest absolute Gasteiger partial charge is 0.242 e. The lowest BCUT2D eigenvalue weighted by atomic mass is 10.1. The molecule has 0 bridgehead atoms. The molecule has 1 aliphatic rings. The van der Waals surface area contributed by atoms with Crippen molar-refractivity contribution in [2.75, 3.05) is 18.0 Å². The third kappa shape index (κ3) is 3.77. The van der Waals surface area contributed by atoms with Gasteiger partial charge in [-0.25, -0.2) is 14.6 Å². The minimum Gasteiger partial charge on any atom is -0.356 e. The predicted octanol–water partition coefficient (Wildman–Crippen LogP) is 2.69. The Kier molecular flexibility index (Phi) is 5.00. The predicted molar refractivity (Wildman–Crippen MR) is 104 cm³/mol. The minimum atomic E-state index is -0.0884. The molecule has 27 heavy (non-hydrogen) atoms. The first-order valence-corrected chi connectivity index (χ1v) is 9.48. The van der Waals surface area contributed by atoms with Crippen molar-refractivity contribution >= 4 is 22.8 Å². The summed E-state index contributed by atoms with van der Waals surface area (Å²) in [4.78, 5) is 23.6. The number of fused-ring (bicyclic) bond motifs is 1. The van der Waals surface area contributed by atoms with Gasteiger partial charge in [0.1, 0.15) is 18.7 Å². The SMILES string of the molecule is C[C@@H](NC(=O)Cn1ncc2c(N3CCCCC3)ncnc21)c1ccccc1. The van der Waals surface area contributed by atoms with Gasteiger partial charge in [-0.05, 0) is 31.7 Å². The average Bonchev–Trinajstić information content (AvgIpc) is 3.12. The second-order valence-electron chi connectivity index (χ2n) is 6.98. The zero-order valence-electron chi connectivity index (χ0n) is 15.5. The van der Waals surface area contributed by atoms with Gasteiger partial charge < -0.3 is 10.2 Å². The highest BCUT2D eigenvalue weighted by Crippen LogP contribution is 2.25. The first kappa shape index (κ1) is 17.5. The van der Waals surface area contributed by atoms with Crippen LogP contribution in [0.15, 0.2) is 42.9 Å². The summed E-state index contributed by atoms with van der Waals surface area (Å²) in [7, 11) is 0. The molecule has 1 amide bonds. The maximum absolute atomic E-state index is 12.5. The highest BCUT2D eigenvalue weighted by atomic mass is 16.2. The van der Waals surface area contributed by atoms with E-state index < -0.39 is 0 Å². The van der Waals surface area contributed by atoms with Crippen LogP contribution in [0.3, 0.4) is 0 Å². The van der Waals surface area contributed by atoms with Crippen molar-refractivity contribution in [2.45, 2.75) is 38.8 Å². The fraction of sp³-hybridized carbons (Fsp3) is 0.400. The Morgan fingerprint density at radius 1 is 1.15 bits per heavy atom.